The predicted octanol–water partition coefficient (Wildman–Crippen LogP) is 2.66. The number of pyridine rings is 1. The van der Waals surface area contributed by atoms with Gasteiger partial charge in [0.15, 0.2) is 0 Å². The number of rotatable bonds is 2. The fourth-order valence-corrected chi connectivity index (χ4v) is 3.17. The number of likely N-dealkylation sites (tertiary alicyclic amines) is 1. The summed E-state index contributed by atoms with van der Waals surface area (Å²) in [4.78, 5) is 30.8. The molecular weight excluding hydrogens is 316 g/mol. The second kappa shape index (κ2) is 7.34. The van der Waals surface area contributed by atoms with Crippen LogP contribution in [0.1, 0.15) is 36.4 Å². The maximum atomic E-state index is 12.7. The van der Waals surface area contributed by atoms with E-state index < -0.39 is 11.8 Å². The zero-order valence-electron chi connectivity index (χ0n) is 14.2. The summed E-state index contributed by atoms with van der Waals surface area (Å²) in [5, 5.41) is 2.63. The van der Waals surface area contributed by atoms with E-state index in [-0.39, 0.29) is 6.04 Å². The first-order valence-corrected chi connectivity index (χ1v) is 8.45. The number of carbonyl (C=O) groups is 2. The summed E-state index contributed by atoms with van der Waals surface area (Å²) in [7, 11) is 0. The topological polar surface area (TPSA) is 88.3 Å². The second-order valence-electron chi connectivity index (χ2n) is 6.30. The highest BCUT2D eigenvalue weighted by Gasteiger charge is 2.31. The molecule has 2 heterocycles. The summed E-state index contributed by atoms with van der Waals surface area (Å²) in [5.41, 5.74) is 7.97. The second-order valence-corrected chi connectivity index (χ2v) is 6.30. The molecule has 1 aliphatic heterocycles. The standard InChI is InChI=1S/C19H22N4O2/c1-13-11-15(12-21-17(13)20)22-18(24)19(25)23-10-6-5-9-16(23)14-7-3-2-4-8-14/h2-4,7-8,11-12,16H,5-6,9-10H2,1H3,(H2,20,21)(H,22,24)/t16-/m1/s1. The van der Waals surface area contributed by atoms with E-state index in [9.17, 15) is 9.59 Å². The van der Waals surface area contributed by atoms with Gasteiger partial charge < -0.3 is 16.0 Å². The molecular formula is C19H22N4O2. The Balaban J connectivity index is 1.75. The van der Waals surface area contributed by atoms with Gasteiger partial charge in [-0.2, -0.15) is 0 Å². The van der Waals surface area contributed by atoms with Gasteiger partial charge in [0.2, 0.25) is 0 Å². The van der Waals surface area contributed by atoms with Gasteiger partial charge in [-0.25, -0.2) is 4.98 Å². The van der Waals surface area contributed by atoms with Crippen LogP contribution in [-0.4, -0.2) is 28.2 Å². The Kier molecular flexibility index (Phi) is 4.97. The van der Waals surface area contributed by atoms with Gasteiger partial charge in [0, 0.05) is 6.54 Å². The molecule has 3 N–H and O–H groups in total. The van der Waals surface area contributed by atoms with E-state index in [1.54, 1.807) is 17.9 Å². The molecule has 130 valence electrons. The van der Waals surface area contributed by atoms with Crippen molar-refractivity contribution in [2.75, 3.05) is 17.6 Å². The number of nitrogens with two attached hydrogens (primary N) is 1. The Bertz CT molecular complexity index is 776. The number of nitrogens with zero attached hydrogens (tertiary/aromatic N) is 2. The molecule has 0 saturated carbocycles. The third kappa shape index (κ3) is 3.79. The lowest BCUT2D eigenvalue weighted by atomic mass is 9.95. The molecule has 1 aliphatic rings. The van der Waals surface area contributed by atoms with Crippen LogP contribution < -0.4 is 11.1 Å². The largest absolute Gasteiger partial charge is 0.383 e. The van der Waals surface area contributed by atoms with E-state index in [0.29, 0.717) is 18.1 Å². The van der Waals surface area contributed by atoms with Crippen LogP contribution in [0.3, 0.4) is 0 Å². The zero-order valence-corrected chi connectivity index (χ0v) is 14.2. The summed E-state index contributed by atoms with van der Waals surface area (Å²) in [6.45, 7) is 2.39. The van der Waals surface area contributed by atoms with Crippen LogP contribution in [-0.2, 0) is 9.59 Å². The third-order valence-electron chi connectivity index (χ3n) is 4.52. The molecule has 0 aliphatic carbocycles. The molecule has 0 bridgehead atoms. The minimum Gasteiger partial charge on any atom is -0.383 e. The Labute approximate surface area is 147 Å². The van der Waals surface area contributed by atoms with Gasteiger partial charge in [-0.1, -0.05) is 30.3 Å². The quantitative estimate of drug-likeness (QED) is 0.824. The molecule has 2 aromatic rings. The Morgan fingerprint density at radius 2 is 2.00 bits per heavy atom. The number of nitrogen functional groups attached to an aromatic ring is 1. The highest BCUT2D eigenvalue weighted by molar-refractivity contribution is 6.39. The molecule has 0 spiro atoms. The number of hydrogen-bond acceptors (Lipinski definition) is 4. The average Bonchev–Trinajstić information content (AvgIpc) is 2.65. The summed E-state index contributed by atoms with van der Waals surface area (Å²) < 4.78 is 0. The van der Waals surface area contributed by atoms with E-state index in [4.69, 9.17) is 5.73 Å². The van der Waals surface area contributed by atoms with Crippen LogP contribution in [0, 0.1) is 6.92 Å². The van der Waals surface area contributed by atoms with Crippen molar-refractivity contribution in [3.05, 3.63) is 53.7 Å². The van der Waals surface area contributed by atoms with Crippen molar-refractivity contribution < 1.29 is 9.59 Å². The van der Waals surface area contributed by atoms with E-state index >= 15 is 0 Å². The summed E-state index contributed by atoms with van der Waals surface area (Å²) in [6, 6.07) is 11.5. The fraction of sp³-hybridized carbons (Fsp3) is 0.316. The number of piperidine rings is 1. The lowest BCUT2D eigenvalue weighted by molar-refractivity contribution is -0.145. The Morgan fingerprint density at radius 3 is 2.72 bits per heavy atom. The first kappa shape index (κ1) is 17.0. The van der Waals surface area contributed by atoms with Crippen molar-refractivity contribution in [1.29, 1.82) is 0 Å². The first-order chi connectivity index (χ1) is 12.1. The number of aromatic nitrogens is 1. The molecule has 1 fully saturated rings. The summed E-state index contributed by atoms with van der Waals surface area (Å²) >= 11 is 0. The van der Waals surface area contributed by atoms with Crippen LogP contribution in [0.5, 0.6) is 0 Å². The van der Waals surface area contributed by atoms with Gasteiger partial charge in [0.1, 0.15) is 5.82 Å². The van der Waals surface area contributed by atoms with Crippen molar-refractivity contribution in [3.8, 4) is 0 Å². The van der Waals surface area contributed by atoms with Crippen LogP contribution in [0.25, 0.3) is 0 Å². The van der Waals surface area contributed by atoms with Gasteiger partial charge in [-0.15, -0.1) is 0 Å². The molecule has 0 radical (unpaired) electrons. The predicted molar refractivity (Wildman–Crippen MR) is 96.8 cm³/mol. The molecule has 2 amide bonds. The van der Waals surface area contributed by atoms with Crippen molar-refractivity contribution in [2.45, 2.75) is 32.2 Å². The van der Waals surface area contributed by atoms with Crippen LogP contribution >= 0.6 is 0 Å². The first-order valence-electron chi connectivity index (χ1n) is 8.45. The Morgan fingerprint density at radius 1 is 1.24 bits per heavy atom. The minimum atomic E-state index is -0.645. The van der Waals surface area contributed by atoms with Crippen molar-refractivity contribution >= 4 is 23.3 Å². The van der Waals surface area contributed by atoms with Gasteiger partial charge >= 0.3 is 11.8 Å². The maximum Gasteiger partial charge on any atom is 0.313 e. The lowest BCUT2D eigenvalue weighted by Crippen LogP contribution is -2.44. The van der Waals surface area contributed by atoms with E-state index in [1.807, 2.05) is 30.3 Å². The Hall–Kier alpha value is -2.89. The average molecular weight is 338 g/mol. The summed E-state index contributed by atoms with van der Waals surface area (Å²) in [6.07, 6.45) is 4.28. The van der Waals surface area contributed by atoms with Gasteiger partial charge in [0.25, 0.3) is 0 Å². The van der Waals surface area contributed by atoms with Crippen LogP contribution in [0.2, 0.25) is 0 Å². The number of benzene rings is 1. The lowest BCUT2D eigenvalue weighted by Gasteiger charge is -2.35. The molecule has 1 aromatic heterocycles. The van der Waals surface area contributed by atoms with E-state index in [0.717, 1.165) is 30.4 Å². The van der Waals surface area contributed by atoms with E-state index in [1.165, 1.54) is 6.20 Å². The van der Waals surface area contributed by atoms with Gasteiger partial charge in [0.05, 0.1) is 17.9 Å². The molecule has 25 heavy (non-hydrogen) atoms. The molecule has 6 heteroatoms. The number of amides is 2. The minimum absolute atomic E-state index is 0.0560. The molecule has 0 unspecified atom stereocenters. The van der Waals surface area contributed by atoms with E-state index in [2.05, 4.69) is 10.3 Å². The van der Waals surface area contributed by atoms with Crippen molar-refractivity contribution in [2.24, 2.45) is 0 Å². The number of nitrogens with one attached hydrogen (secondary N) is 1. The molecule has 3 rings (SSSR count). The number of anilines is 2. The fourth-order valence-electron chi connectivity index (χ4n) is 3.17. The monoisotopic (exact) mass is 338 g/mol. The third-order valence-corrected chi connectivity index (χ3v) is 4.52. The van der Waals surface area contributed by atoms with Crippen LogP contribution in [0.4, 0.5) is 11.5 Å². The maximum absolute atomic E-state index is 12.7. The van der Waals surface area contributed by atoms with Gasteiger partial charge in [-0.3, -0.25) is 9.59 Å². The molecule has 1 atom stereocenters. The van der Waals surface area contributed by atoms with Crippen LogP contribution in [0.15, 0.2) is 42.6 Å². The SMILES string of the molecule is Cc1cc(NC(=O)C(=O)N2CCCC[C@@H]2c2ccccc2)cnc1N. The summed E-state index contributed by atoms with van der Waals surface area (Å²) in [5.74, 6) is -0.749. The van der Waals surface area contributed by atoms with Gasteiger partial charge in [-0.05, 0) is 43.4 Å². The highest BCUT2D eigenvalue weighted by atomic mass is 16.2. The normalized spacial score (nSPS) is 17.2. The zero-order chi connectivity index (χ0) is 17.8. The number of carbonyl (C=O) groups excluding carboxylic acids is 2. The smallest absolute Gasteiger partial charge is 0.313 e. The molecule has 6 nitrogen and oxygen atoms in total. The molecule has 1 saturated heterocycles. The van der Waals surface area contributed by atoms with Crippen molar-refractivity contribution in [3.63, 3.8) is 0 Å². The van der Waals surface area contributed by atoms with Crippen molar-refractivity contribution in [1.82, 2.24) is 9.88 Å². The number of aryl methyl sites for hydroxylation is 1. The number of hydrogen-bond donors (Lipinski definition) is 2. The highest BCUT2D eigenvalue weighted by Crippen LogP contribution is 2.31. The molecule has 1 aromatic carbocycles.